The molecule has 4 nitrogen and oxygen atoms in total. The quantitative estimate of drug-likeness (QED) is 0.799. The summed E-state index contributed by atoms with van der Waals surface area (Å²) in [6, 6.07) is 0. The molecule has 0 bridgehead atoms. The van der Waals surface area contributed by atoms with Crippen molar-refractivity contribution in [2.75, 3.05) is 6.61 Å². The van der Waals surface area contributed by atoms with Crippen LogP contribution in [0.4, 0.5) is 0 Å². The summed E-state index contributed by atoms with van der Waals surface area (Å²) in [6.07, 6.45) is 5.52. The molecule has 0 amide bonds. The third-order valence-corrected chi connectivity index (χ3v) is 2.86. The molecule has 15 heavy (non-hydrogen) atoms. The number of oxazole rings is 1. The van der Waals surface area contributed by atoms with Crippen LogP contribution in [0.3, 0.4) is 0 Å². The number of nitrogens with zero attached hydrogens (tertiary/aromatic N) is 1. The van der Waals surface area contributed by atoms with E-state index in [-0.39, 0.29) is 0 Å². The molecule has 1 aromatic rings. The molecule has 2 N–H and O–H groups in total. The van der Waals surface area contributed by atoms with Crippen LogP contribution in [0.5, 0.6) is 0 Å². The standard InChI is InChI=1S/C11H18N2O2/c1-2-14-9-3-8(4-9)5-10-7-13-11(6-12)15-10/h7-9H,2-6,12H2,1H3. The Morgan fingerprint density at radius 2 is 2.40 bits per heavy atom. The predicted molar refractivity (Wildman–Crippen MR) is 56.2 cm³/mol. The van der Waals surface area contributed by atoms with Crippen molar-refractivity contribution in [2.45, 2.75) is 38.8 Å². The van der Waals surface area contributed by atoms with Crippen molar-refractivity contribution < 1.29 is 9.15 Å². The Hall–Kier alpha value is -0.870. The molecule has 0 aromatic carbocycles. The largest absolute Gasteiger partial charge is 0.444 e. The Balaban J connectivity index is 1.75. The fraction of sp³-hybridized carbons (Fsp3) is 0.727. The lowest BCUT2D eigenvalue weighted by molar-refractivity contribution is -0.0252. The summed E-state index contributed by atoms with van der Waals surface area (Å²) >= 11 is 0. The molecule has 1 heterocycles. The van der Waals surface area contributed by atoms with E-state index in [9.17, 15) is 0 Å². The summed E-state index contributed by atoms with van der Waals surface area (Å²) in [7, 11) is 0. The Kier molecular flexibility index (Phi) is 3.38. The van der Waals surface area contributed by atoms with Gasteiger partial charge in [-0.1, -0.05) is 0 Å². The average molecular weight is 210 g/mol. The zero-order valence-electron chi connectivity index (χ0n) is 9.11. The molecule has 1 aliphatic carbocycles. The van der Waals surface area contributed by atoms with Gasteiger partial charge in [0.1, 0.15) is 5.76 Å². The molecule has 1 aromatic heterocycles. The maximum Gasteiger partial charge on any atom is 0.208 e. The van der Waals surface area contributed by atoms with Crippen LogP contribution in [0.25, 0.3) is 0 Å². The molecule has 0 saturated heterocycles. The second-order valence-electron chi connectivity index (χ2n) is 4.04. The van der Waals surface area contributed by atoms with Gasteiger partial charge in [0.05, 0.1) is 18.8 Å². The Labute approximate surface area is 89.8 Å². The van der Waals surface area contributed by atoms with E-state index in [2.05, 4.69) is 4.98 Å². The molecule has 1 aliphatic rings. The highest BCUT2D eigenvalue weighted by Gasteiger charge is 2.30. The van der Waals surface area contributed by atoms with Crippen LogP contribution in [-0.2, 0) is 17.7 Å². The summed E-state index contributed by atoms with van der Waals surface area (Å²) < 4.78 is 11.0. The topological polar surface area (TPSA) is 61.3 Å². The van der Waals surface area contributed by atoms with Gasteiger partial charge in [-0.3, -0.25) is 0 Å². The molecule has 1 fully saturated rings. The summed E-state index contributed by atoms with van der Waals surface area (Å²) in [5.74, 6) is 2.28. The summed E-state index contributed by atoms with van der Waals surface area (Å²) in [4.78, 5) is 4.08. The van der Waals surface area contributed by atoms with Gasteiger partial charge in [0.15, 0.2) is 0 Å². The minimum absolute atomic E-state index is 0.381. The van der Waals surface area contributed by atoms with Crippen LogP contribution in [0.15, 0.2) is 10.6 Å². The van der Waals surface area contributed by atoms with Crippen molar-refractivity contribution in [2.24, 2.45) is 11.7 Å². The zero-order valence-corrected chi connectivity index (χ0v) is 9.11. The molecule has 1 saturated carbocycles. The normalized spacial score (nSPS) is 25.2. The van der Waals surface area contributed by atoms with Gasteiger partial charge in [-0.05, 0) is 25.7 Å². The van der Waals surface area contributed by atoms with Gasteiger partial charge in [-0.15, -0.1) is 0 Å². The molecule has 2 rings (SSSR count). The molecule has 4 heteroatoms. The van der Waals surface area contributed by atoms with Gasteiger partial charge in [-0.25, -0.2) is 4.98 Å². The first-order chi connectivity index (χ1) is 7.31. The van der Waals surface area contributed by atoms with Gasteiger partial charge in [0, 0.05) is 13.0 Å². The van der Waals surface area contributed by atoms with Crippen LogP contribution < -0.4 is 5.73 Å². The van der Waals surface area contributed by atoms with E-state index in [0.717, 1.165) is 31.6 Å². The van der Waals surface area contributed by atoms with Crippen molar-refractivity contribution in [3.63, 3.8) is 0 Å². The predicted octanol–water partition coefficient (Wildman–Crippen LogP) is 1.49. The molecule has 0 spiro atoms. The second-order valence-corrected chi connectivity index (χ2v) is 4.04. The minimum atomic E-state index is 0.381. The number of hydrogen-bond donors (Lipinski definition) is 1. The van der Waals surface area contributed by atoms with Crippen LogP contribution in [-0.4, -0.2) is 17.7 Å². The van der Waals surface area contributed by atoms with E-state index in [1.165, 1.54) is 0 Å². The molecular weight excluding hydrogens is 192 g/mol. The highest BCUT2D eigenvalue weighted by molar-refractivity contribution is 4.98. The molecule has 0 radical (unpaired) electrons. The van der Waals surface area contributed by atoms with Crippen LogP contribution in [0.1, 0.15) is 31.4 Å². The van der Waals surface area contributed by atoms with Gasteiger partial charge in [0.25, 0.3) is 0 Å². The number of nitrogens with two attached hydrogens (primary N) is 1. The minimum Gasteiger partial charge on any atom is -0.444 e. The zero-order chi connectivity index (χ0) is 10.7. The van der Waals surface area contributed by atoms with Crippen molar-refractivity contribution in [3.8, 4) is 0 Å². The molecule has 0 aliphatic heterocycles. The summed E-state index contributed by atoms with van der Waals surface area (Å²) in [5, 5.41) is 0. The first-order valence-electron chi connectivity index (χ1n) is 5.57. The monoisotopic (exact) mass is 210 g/mol. The van der Waals surface area contributed by atoms with E-state index in [0.29, 0.717) is 24.5 Å². The van der Waals surface area contributed by atoms with E-state index >= 15 is 0 Å². The third-order valence-electron chi connectivity index (χ3n) is 2.86. The van der Waals surface area contributed by atoms with Gasteiger partial charge < -0.3 is 14.9 Å². The van der Waals surface area contributed by atoms with Crippen LogP contribution in [0, 0.1) is 5.92 Å². The van der Waals surface area contributed by atoms with Crippen LogP contribution >= 0.6 is 0 Å². The molecule has 84 valence electrons. The fourth-order valence-corrected chi connectivity index (χ4v) is 2.03. The highest BCUT2D eigenvalue weighted by atomic mass is 16.5. The lowest BCUT2D eigenvalue weighted by Crippen LogP contribution is -2.32. The van der Waals surface area contributed by atoms with Crippen molar-refractivity contribution in [3.05, 3.63) is 17.8 Å². The maximum absolute atomic E-state index is 5.51. The highest BCUT2D eigenvalue weighted by Crippen LogP contribution is 2.32. The first kappa shape index (κ1) is 10.6. The lowest BCUT2D eigenvalue weighted by Gasteiger charge is -2.34. The Morgan fingerprint density at radius 1 is 1.60 bits per heavy atom. The summed E-state index contributed by atoms with van der Waals surface area (Å²) in [5.41, 5.74) is 5.43. The van der Waals surface area contributed by atoms with Crippen molar-refractivity contribution in [1.29, 1.82) is 0 Å². The van der Waals surface area contributed by atoms with Gasteiger partial charge >= 0.3 is 0 Å². The van der Waals surface area contributed by atoms with Gasteiger partial charge in [0.2, 0.25) is 5.89 Å². The number of hydrogen-bond acceptors (Lipinski definition) is 4. The smallest absolute Gasteiger partial charge is 0.208 e. The van der Waals surface area contributed by atoms with E-state index in [4.69, 9.17) is 14.9 Å². The fourth-order valence-electron chi connectivity index (χ4n) is 2.03. The van der Waals surface area contributed by atoms with E-state index in [1.807, 2.05) is 6.92 Å². The van der Waals surface area contributed by atoms with E-state index < -0.39 is 0 Å². The second kappa shape index (κ2) is 4.77. The summed E-state index contributed by atoms with van der Waals surface area (Å²) in [6.45, 7) is 3.24. The van der Waals surface area contributed by atoms with E-state index in [1.54, 1.807) is 6.20 Å². The number of aromatic nitrogens is 1. The first-order valence-corrected chi connectivity index (χ1v) is 5.57. The SMILES string of the molecule is CCOC1CC(Cc2cnc(CN)o2)C1. The number of rotatable bonds is 5. The lowest BCUT2D eigenvalue weighted by atomic mass is 9.79. The molecule has 0 unspecified atom stereocenters. The van der Waals surface area contributed by atoms with Gasteiger partial charge in [-0.2, -0.15) is 0 Å². The Bertz CT molecular complexity index is 305. The van der Waals surface area contributed by atoms with Crippen molar-refractivity contribution >= 4 is 0 Å². The maximum atomic E-state index is 5.51. The molecular formula is C11H18N2O2. The average Bonchev–Trinajstić information content (AvgIpc) is 2.62. The van der Waals surface area contributed by atoms with Crippen molar-refractivity contribution in [1.82, 2.24) is 4.98 Å². The Morgan fingerprint density at radius 3 is 3.00 bits per heavy atom. The number of ether oxygens (including phenoxy) is 1. The third kappa shape index (κ3) is 2.58. The van der Waals surface area contributed by atoms with Crippen LogP contribution in [0.2, 0.25) is 0 Å². The molecule has 0 atom stereocenters.